The number of aryl methyl sites for hydroxylation is 1. The largest absolute Gasteiger partial charge is 0.496 e. The van der Waals surface area contributed by atoms with Gasteiger partial charge >= 0.3 is 0 Å². The summed E-state index contributed by atoms with van der Waals surface area (Å²) in [6.07, 6.45) is 0. The van der Waals surface area contributed by atoms with E-state index in [1.807, 2.05) is 23.5 Å². The lowest BCUT2D eigenvalue weighted by Crippen LogP contribution is -1.84. The third kappa shape index (κ3) is 1.44. The Labute approximate surface area is 95.8 Å². The summed E-state index contributed by atoms with van der Waals surface area (Å²) in [5.74, 6) is 0.975. The average molecular weight is 271 g/mol. The molecule has 3 heteroatoms. The van der Waals surface area contributed by atoms with Gasteiger partial charge in [0.15, 0.2) is 0 Å². The number of hydrogen-bond acceptors (Lipinski definition) is 2. The van der Waals surface area contributed by atoms with Gasteiger partial charge in [0.25, 0.3) is 0 Å². The van der Waals surface area contributed by atoms with Gasteiger partial charge in [-0.1, -0.05) is 22.0 Å². The van der Waals surface area contributed by atoms with Crippen LogP contribution >= 0.6 is 27.3 Å². The Morgan fingerprint density at radius 3 is 2.86 bits per heavy atom. The van der Waals surface area contributed by atoms with Crippen LogP contribution in [0.3, 0.4) is 0 Å². The second-order valence-corrected chi connectivity index (χ2v) is 4.81. The summed E-state index contributed by atoms with van der Waals surface area (Å²) < 4.78 is 6.66. The van der Waals surface area contributed by atoms with Crippen LogP contribution in [0.1, 0.15) is 10.4 Å². The van der Waals surface area contributed by atoms with Gasteiger partial charge in [-0.15, -0.1) is 11.3 Å². The fourth-order valence-corrected chi connectivity index (χ4v) is 3.45. The Morgan fingerprint density at radius 1 is 1.43 bits per heavy atom. The van der Waals surface area contributed by atoms with Gasteiger partial charge in [0.05, 0.1) is 7.11 Å². The molecule has 74 valence electrons. The molecule has 0 radical (unpaired) electrons. The van der Waals surface area contributed by atoms with E-state index in [-0.39, 0.29) is 0 Å². The molecule has 1 heterocycles. The molecule has 2 rings (SSSR count). The predicted molar refractivity (Wildman–Crippen MR) is 65.7 cm³/mol. The molecule has 1 aromatic carbocycles. The lowest BCUT2D eigenvalue weighted by atomic mass is 10.1. The lowest BCUT2D eigenvalue weighted by molar-refractivity contribution is 0.420. The summed E-state index contributed by atoms with van der Waals surface area (Å²) in [6, 6.07) is 6.19. The van der Waals surface area contributed by atoms with Gasteiger partial charge in [0.2, 0.25) is 0 Å². The zero-order valence-electron chi connectivity index (χ0n) is 8.13. The quantitative estimate of drug-likeness (QED) is 0.747. The standard InChI is InChI=1S/C11H11BrOS/c1-7-10(6-12)14-9-5-3-4-8(13-2)11(7)9/h3-5H,6H2,1-2H3. The van der Waals surface area contributed by atoms with Crippen LogP contribution in [0.5, 0.6) is 5.75 Å². The first-order chi connectivity index (χ1) is 6.77. The normalized spacial score (nSPS) is 10.8. The molecular weight excluding hydrogens is 260 g/mol. The number of fused-ring (bicyclic) bond motifs is 1. The highest BCUT2D eigenvalue weighted by molar-refractivity contribution is 9.08. The third-order valence-corrected chi connectivity index (χ3v) is 4.54. The van der Waals surface area contributed by atoms with Crippen LogP contribution in [0.15, 0.2) is 18.2 Å². The van der Waals surface area contributed by atoms with E-state index >= 15 is 0 Å². The molecule has 0 atom stereocenters. The van der Waals surface area contributed by atoms with E-state index in [2.05, 4.69) is 28.9 Å². The highest BCUT2D eigenvalue weighted by Gasteiger charge is 2.10. The first kappa shape index (κ1) is 9.99. The van der Waals surface area contributed by atoms with Crippen molar-refractivity contribution in [2.75, 3.05) is 7.11 Å². The van der Waals surface area contributed by atoms with Crippen molar-refractivity contribution < 1.29 is 4.74 Å². The van der Waals surface area contributed by atoms with E-state index < -0.39 is 0 Å². The Morgan fingerprint density at radius 2 is 2.21 bits per heavy atom. The molecule has 0 saturated heterocycles. The molecule has 0 saturated carbocycles. The van der Waals surface area contributed by atoms with E-state index in [1.54, 1.807) is 7.11 Å². The Balaban J connectivity index is 2.79. The lowest BCUT2D eigenvalue weighted by Gasteiger charge is -2.02. The Kier molecular flexibility index (Phi) is 2.79. The van der Waals surface area contributed by atoms with Crippen LogP contribution in [0.2, 0.25) is 0 Å². The van der Waals surface area contributed by atoms with E-state index in [9.17, 15) is 0 Å². The van der Waals surface area contributed by atoms with Crippen molar-refractivity contribution >= 4 is 37.4 Å². The monoisotopic (exact) mass is 270 g/mol. The van der Waals surface area contributed by atoms with Crippen LogP contribution in [0, 0.1) is 6.92 Å². The zero-order chi connectivity index (χ0) is 10.1. The van der Waals surface area contributed by atoms with Crippen molar-refractivity contribution in [2.45, 2.75) is 12.3 Å². The first-order valence-corrected chi connectivity index (χ1v) is 6.32. The molecule has 2 aromatic rings. The number of methoxy groups -OCH3 is 1. The number of hydrogen-bond donors (Lipinski definition) is 0. The molecule has 0 aliphatic heterocycles. The van der Waals surface area contributed by atoms with Gasteiger partial charge in [0, 0.05) is 20.3 Å². The summed E-state index contributed by atoms with van der Waals surface area (Å²) >= 11 is 5.33. The molecular formula is C11H11BrOS. The van der Waals surface area contributed by atoms with Gasteiger partial charge in [-0.25, -0.2) is 0 Å². The van der Waals surface area contributed by atoms with Crippen molar-refractivity contribution in [3.05, 3.63) is 28.6 Å². The second kappa shape index (κ2) is 3.91. The molecule has 0 aliphatic rings. The van der Waals surface area contributed by atoms with Crippen molar-refractivity contribution in [3.63, 3.8) is 0 Å². The number of benzene rings is 1. The SMILES string of the molecule is COc1cccc2sc(CBr)c(C)c12. The highest BCUT2D eigenvalue weighted by atomic mass is 79.9. The van der Waals surface area contributed by atoms with Crippen LogP contribution in [0.25, 0.3) is 10.1 Å². The van der Waals surface area contributed by atoms with E-state index in [4.69, 9.17) is 4.74 Å². The van der Waals surface area contributed by atoms with Gasteiger partial charge in [-0.2, -0.15) is 0 Å². The number of halogens is 1. The topological polar surface area (TPSA) is 9.23 Å². The fraction of sp³-hybridized carbons (Fsp3) is 0.273. The van der Waals surface area contributed by atoms with Gasteiger partial charge in [-0.3, -0.25) is 0 Å². The molecule has 1 nitrogen and oxygen atoms in total. The molecule has 0 bridgehead atoms. The summed E-state index contributed by atoms with van der Waals surface area (Å²) in [4.78, 5) is 1.38. The fourth-order valence-electron chi connectivity index (χ4n) is 1.61. The Hall–Kier alpha value is -0.540. The Bertz CT molecular complexity index is 462. The third-order valence-electron chi connectivity index (χ3n) is 2.36. The summed E-state index contributed by atoms with van der Waals surface area (Å²) in [5, 5.41) is 2.18. The van der Waals surface area contributed by atoms with Gasteiger partial charge in [-0.05, 0) is 24.6 Å². The smallest absolute Gasteiger partial charge is 0.127 e. The van der Waals surface area contributed by atoms with E-state index in [1.165, 1.54) is 20.5 Å². The minimum atomic E-state index is 0.918. The zero-order valence-corrected chi connectivity index (χ0v) is 10.5. The van der Waals surface area contributed by atoms with Crippen molar-refractivity contribution in [1.82, 2.24) is 0 Å². The molecule has 14 heavy (non-hydrogen) atoms. The van der Waals surface area contributed by atoms with Gasteiger partial charge < -0.3 is 4.74 Å². The molecule has 0 aliphatic carbocycles. The summed E-state index contributed by atoms with van der Waals surface area (Å²) in [6.45, 7) is 2.15. The molecule has 0 amide bonds. The second-order valence-electron chi connectivity index (χ2n) is 3.12. The van der Waals surface area contributed by atoms with Crippen LogP contribution in [0.4, 0.5) is 0 Å². The molecule has 0 fully saturated rings. The van der Waals surface area contributed by atoms with Crippen molar-refractivity contribution in [1.29, 1.82) is 0 Å². The number of ether oxygens (including phenoxy) is 1. The molecule has 1 aromatic heterocycles. The highest BCUT2D eigenvalue weighted by Crippen LogP contribution is 2.37. The molecule has 0 N–H and O–H groups in total. The number of thiophene rings is 1. The van der Waals surface area contributed by atoms with Gasteiger partial charge in [0.1, 0.15) is 5.75 Å². The van der Waals surface area contributed by atoms with Crippen LogP contribution < -0.4 is 4.74 Å². The van der Waals surface area contributed by atoms with E-state index in [0.717, 1.165) is 11.1 Å². The summed E-state index contributed by atoms with van der Waals surface area (Å²) in [7, 11) is 1.72. The maximum atomic E-state index is 5.36. The minimum absolute atomic E-state index is 0.918. The van der Waals surface area contributed by atoms with Crippen LogP contribution in [-0.4, -0.2) is 7.11 Å². The molecule has 0 spiro atoms. The van der Waals surface area contributed by atoms with E-state index in [0.29, 0.717) is 0 Å². The minimum Gasteiger partial charge on any atom is -0.496 e. The van der Waals surface area contributed by atoms with Crippen molar-refractivity contribution in [3.8, 4) is 5.75 Å². The summed E-state index contributed by atoms with van der Waals surface area (Å²) in [5.41, 5.74) is 1.33. The average Bonchev–Trinajstić information content (AvgIpc) is 2.55. The first-order valence-electron chi connectivity index (χ1n) is 4.39. The van der Waals surface area contributed by atoms with Crippen molar-refractivity contribution in [2.24, 2.45) is 0 Å². The number of alkyl halides is 1. The maximum Gasteiger partial charge on any atom is 0.127 e. The number of rotatable bonds is 2. The molecule has 0 unspecified atom stereocenters. The maximum absolute atomic E-state index is 5.36. The van der Waals surface area contributed by atoms with Crippen LogP contribution in [-0.2, 0) is 5.33 Å². The predicted octanol–water partition coefficient (Wildman–Crippen LogP) is 4.11.